The summed E-state index contributed by atoms with van der Waals surface area (Å²) in [5, 5.41) is 9.36. The van der Waals surface area contributed by atoms with Gasteiger partial charge in [0.15, 0.2) is 11.5 Å². The van der Waals surface area contributed by atoms with Crippen molar-refractivity contribution in [3.8, 4) is 11.5 Å². The minimum absolute atomic E-state index is 0.350. The Morgan fingerprint density at radius 3 is 2.77 bits per heavy atom. The van der Waals surface area contributed by atoms with E-state index in [1.165, 1.54) is 5.56 Å². The fourth-order valence-electron chi connectivity index (χ4n) is 3.95. The maximum absolute atomic E-state index is 11.4. The third kappa shape index (κ3) is 3.40. The lowest BCUT2D eigenvalue weighted by Crippen LogP contribution is -2.26. The molecule has 0 aliphatic carbocycles. The summed E-state index contributed by atoms with van der Waals surface area (Å²) in [5.41, 5.74) is 2.55. The Labute approximate surface area is 153 Å². The first-order chi connectivity index (χ1) is 12.7. The summed E-state index contributed by atoms with van der Waals surface area (Å²) in [5.74, 6) is 0.794. The van der Waals surface area contributed by atoms with Crippen molar-refractivity contribution in [1.29, 1.82) is 0 Å². The summed E-state index contributed by atoms with van der Waals surface area (Å²) in [7, 11) is 0. The Hall–Kier alpha value is -2.53. The summed E-state index contributed by atoms with van der Waals surface area (Å²) in [6, 6.07) is 13.9. The van der Waals surface area contributed by atoms with Gasteiger partial charge in [0.2, 0.25) is 0 Å². The molecule has 0 saturated carbocycles. The second-order valence-corrected chi connectivity index (χ2v) is 6.81. The first kappa shape index (κ1) is 16.9. The lowest BCUT2D eigenvalue weighted by atomic mass is 10.0. The molecule has 0 bridgehead atoms. The van der Waals surface area contributed by atoms with Crippen molar-refractivity contribution in [2.45, 2.75) is 25.3 Å². The number of fused-ring (bicyclic) bond motifs is 1. The Bertz CT molecular complexity index is 804. The molecule has 0 amide bonds. The molecular weight excluding hydrogens is 330 g/mol. The average molecular weight is 353 g/mol. The first-order valence-electron chi connectivity index (χ1n) is 9.17. The van der Waals surface area contributed by atoms with E-state index in [1.54, 1.807) is 12.1 Å². The average Bonchev–Trinajstić information content (AvgIpc) is 3.14. The Morgan fingerprint density at radius 1 is 1.12 bits per heavy atom. The Morgan fingerprint density at radius 2 is 1.92 bits per heavy atom. The fourth-order valence-corrected chi connectivity index (χ4v) is 3.95. The molecule has 5 heteroatoms. The molecule has 0 radical (unpaired) electrons. The van der Waals surface area contributed by atoms with Crippen LogP contribution in [0.4, 0.5) is 0 Å². The zero-order valence-corrected chi connectivity index (χ0v) is 14.7. The SMILES string of the molecule is O=C(O)c1ccccc1CCN1CCCC1c1ccc2c(c1)OCCO2. The van der Waals surface area contributed by atoms with Crippen LogP contribution in [0.5, 0.6) is 11.5 Å². The molecule has 4 rings (SSSR count). The van der Waals surface area contributed by atoms with E-state index >= 15 is 0 Å². The highest BCUT2D eigenvalue weighted by atomic mass is 16.6. The molecule has 0 spiro atoms. The second-order valence-electron chi connectivity index (χ2n) is 6.81. The van der Waals surface area contributed by atoms with Gasteiger partial charge in [-0.05, 0) is 55.1 Å². The summed E-state index contributed by atoms with van der Waals surface area (Å²) < 4.78 is 11.3. The molecule has 2 aliphatic heterocycles. The normalized spacial score (nSPS) is 19.5. The smallest absolute Gasteiger partial charge is 0.335 e. The standard InChI is InChI=1S/C21H23NO4/c23-21(24)17-5-2-1-4-15(17)9-11-22-10-3-6-18(22)16-7-8-19-20(14-16)26-13-12-25-19/h1-2,4-5,7-8,14,18H,3,6,9-13H2,(H,23,24). The Kier molecular flexibility index (Phi) is 4.80. The van der Waals surface area contributed by atoms with Crippen LogP contribution in [0.3, 0.4) is 0 Å². The van der Waals surface area contributed by atoms with Crippen LogP contribution in [-0.4, -0.2) is 42.3 Å². The highest BCUT2D eigenvalue weighted by Gasteiger charge is 2.27. The predicted molar refractivity (Wildman–Crippen MR) is 98.1 cm³/mol. The van der Waals surface area contributed by atoms with Gasteiger partial charge in [0.1, 0.15) is 13.2 Å². The van der Waals surface area contributed by atoms with E-state index in [-0.39, 0.29) is 0 Å². The minimum Gasteiger partial charge on any atom is -0.486 e. The molecule has 1 unspecified atom stereocenters. The van der Waals surface area contributed by atoms with Gasteiger partial charge in [0.25, 0.3) is 0 Å². The largest absolute Gasteiger partial charge is 0.486 e. The van der Waals surface area contributed by atoms with Crippen molar-refractivity contribution >= 4 is 5.97 Å². The van der Waals surface area contributed by atoms with Crippen molar-refractivity contribution in [3.05, 3.63) is 59.2 Å². The predicted octanol–water partition coefficient (Wildman–Crippen LogP) is 3.54. The maximum Gasteiger partial charge on any atom is 0.335 e. The van der Waals surface area contributed by atoms with E-state index in [0.29, 0.717) is 24.8 Å². The van der Waals surface area contributed by atoms with E-state index in [9.17, 15) is 9.90 Å². The summed E-state index contributed by atoms with van der Waals surface area (Å²) in [6.45, 7) is 3.08. The van der Waals surface area contributed by atoms with Crippen molar-refractivity contribution in [1.82, 2.24) is 4.90 Å². The number of hydrogen-bond acceptors (Lipinski definition) is 4. The van der Waals surface area contributed by atoms with E-state index in [2.05, 4.69) is 17.0 Å². The molecule has 136 valence electrons. The highest BCUT2D eigenvalue weighted by Crippen LogP contribution is 2.38. The molecule has 26 heavy (non-hydrogen) atoms. The Balaban J connectivity index is 1.48. The molecule has 1 atom stereocenters. The number of benzene rings is 2. The number of carboxylic acid groups (broad SMARTS) is 1. The third-order valence-electron chi connectivity index (χ3n) is 5.23. The first-order valence-corrected chi connectivity index (χ1v) is 9.17. The minimum atomic E-state index is -0.856. The molecule has 2 aliphatic rings. The molecule has 0 aromatic heterocycles. The van der Waals surface area contributed by atoms with Crippen molar-refractivity contribution in [3.63, 3.8) is 0 Å². The van der Waals surface area contributed by atoms with E-state index in [0.717, 1.165) is 49.4 Å². The molecule has 1 N–H and O–H groups in total. The van der Waals surface area contributed by atoms with Crippen LogP contribution in [-0.2, 0) is 6.42 Å². The molecule has 1 fully saturated rings. The van der Waals surface area contributed by atoms with Gasteiger partial charge in [-0.1, -0.05) is 24.3 Å². The molecule has 1 saturated heterocycles. The van der Waals surface area contributed by atoms with Crippen LogP contribution in [0, 0.1) is 0 Å². The van der Waals surface area contributed by atoms with Crippen LogP contribution in [0.25, 0.3) is 0 Å². The summed E-state index contributed by atoms with van der Waals surface area (Å²) in [4.78, 5) is 13.8. The van der Waals surface area contributed by atoms with Gasteiger partial charge in [0, 0.05) is 12.6 Å². The molecule has 5 nitrogen and oxygen atoms in total. The van der Waals surface area contributed by atoms with Crippen molar-refractivity contribution in [2.24, 2.45) is 0 Å². The number of carboxylic acids is 1. The van der Waals surface area contributed by atoms with Crippen molar-refractivity contribution in [2.75, 3.05) is 26.3 Å². The van der Waals surface area contributed by atoms with E-state index < -0.39 is 5.97 Å². The van der Waals surface area contributed by atoms with Gasteiger partial charge >= 0.3 is 5.97 Å². The van der Waals surface area contributed by atoms with Gasteiger partial charge in [-0.3, -0.25) is 4.90 Å². The van der Waals surface area contributed by atoms with E-state index in [4.69, 9.17) is 9.47 Å². The number of nitrogens with zero attached hydrogens (tertiary/aromatic N) is 1. The zero-order chi connectivity index (χ0) is 17.9. The highest BCUT2D eigenvalue weighted by molar-refractivity contribution is 5.89. The van der Waals surface area contributed by atoms with Gasteiger partial charge < -0.3 is 14.6 Å². The fraction of sp³-hybridized carbons (Fsp3) is 0.381. The van der Waals surface area contributed by atoms with Gasteiger partial charge in [-0.2, -0.15) is 0 Å². The maximum atomic E-state index is 11.4. The van der Waals surface area contributed by atoms with Gasteiger partial charge in [-0.15, -0.1) is 0 Å². The molecule has 2 aromatic carbocycles. The van der Waals surface area contributed by atoms with Crippen LogP contribution in [0.1, 0.15) is 40.4 Å². The van der Waals surface area contributed by atoms with E-state index in [1.807, 2.05) is 18.2 Å². The van der Waals surface area contributed by atoms with Gasteiger partial charge in [-0.25, -0.2) is 4.79 Å². The van der Waals surface area contributed by atoms with Gasteiger partial charge in [0.05, 0.1) is 5.56 Å². The topological polar surface area (TPSA) is 59.0 Å². The number of aromatic carboxylic acids is 1. The van der Waals surface area contributed by atoms with Crippen LogP contribution in [0.15, 0.2) is 42.5 Å². The molecule has 2 heterocycles. The monoisotopic (exact) mass is 353 g/mol. The summed E-state index contributed by atoms with van der Waals surface area (Å²) >= 11 is 0. The quantitative estimate of drug-likeness (QED) is 0.891. The number of hydrogen-bond donors (Lipinski definition) is 1. The number of rotatable bonds is 5. The zero-order valence-electron chi connectivity index (χ0n) is 14.7. The van der Waals surface area contributed by atoms with Crippen molar-refractivity contribution < 1.29 is 19.4 Å². The number of carbonyl (C=O) groups is 1. The number of likely N-dealkylation sites (tertiary alicyclic amines) is 1. The molecular formula is C21H23NO4. The van der Waals surface area contributed by atoms with Crippen LogP contribution in [0.2, 0.25) is 0 Å². The lowest BCUT2D eigenvalue weighted by molar-refractivity contribution is 0.0695. The molecule has 2 aromatic rings. The lowest BCUT2D eigenvalue weighted by Gasteiger charge is -2.26. The number of ether oxygens (including phenoxy) is 2. The van der Waals surface area contributed by atoms with Crippen LogP contribution < -0.4 is 9.47 Å². The summed E-state index contributed by atoms with van der Waals surface area (Å²) in [6.07, 6.45) is 3.00. The third-order valence-corrected chi connectivity index (χ3v) is 5.23. The second kappa shape index (κ2) is 7.38. The van der Waals surface area contributed by atoms with Crippen LogP contribution >= 0.6 is 0 Å².